The molecular weight excluding hydrogens is 302 g/mol. The number of fused-ring (bicyclic) bond motifs is 1. The van der Waals surface area contributed by atoms with E-state index in [0.29, 0.717) is 19.7 Å². The number of nitrogens with zero attached hydrogens (tertiary/aromatic N) is 2. The normalized spacial score (nSPS) is 19.3. The number of ether oxygens (including phenoxy) is 1. The second-order valence-corrected chi connectivity index (χ2v) is 6.95. The van der Waals surface area contributed by atoms with Gasteiger partial charge in [0.15, 0.2) is 0 Å². The maximum Gasteiger partial charge on any atom is 0.318 e. The first-order valence-corrected chi connectivity index (χ1v) is 9.18. The Bertz CT molecular complexity index is 570. The Morgan fingerprint density at radius 3 is 2.83 bits per heavy atom. The number of hydrogen-bond acceptors (Lipinski definition) is 3. The summed E-state index contributed by atoms with van der Waals surface area (Å²) in [7, 11) is 0. The molecule has 24 heavy (non-hydrogen) atoms. The average molecular weight is 331 g/mol. The third-order valence-corrected chi connectivity index (χ3v) is 4.98. The van der Waals surface area contributed by atoms with Gasteiger partial charge in [-0.1, -0.05) is 13.0 Å². The third-order valence-electron chi connectivity index (χ3n) is 4.98. The number of hydrogen-bond donors (Lipinski definition) is 1. The van der Waals surface area contributed by atoms with E-state index in [2.05, 4.69) is 35.3 Å². The summed E-state index contributed by atoms with van der Waals surface area (Å²) in [5.41, 5.74) is 2.42. The molecule has 1 N–H and O–H groups in total. The predicted octanol–water partition coefficient (Wildman–Crippen LogP) is 2.98. The highest BCUT2D eigenvalue weighted by Crippen LogP contribution is 2.25. The molecule has 1 atom stereocenters. The second kappa shape index (κ2) is 7.88. The fourth-order valence-electron chi connectivity index (χ4n) is 3.32. The van der Waals surface area contributed by atoms with Crippen LogP contribution in [0.15, 0.2) is 18.2 Å². The van der Waals surface area contributed by atoms with E-state index in [4.69, 9.17) is 4.74 Å². The molecule has 1 fully saturated rings. The number of rotatable bonds is 4. The van der Waals surface area contributed by atoms with Crippen LogP contribution in [0.5, 0.6) is 5.75 Å². The van der Waals surface area contributed by atoms with Crippen molar-refractivity contribution in [3.63, 3.8) is 0 Å². The van der Waals surface area contributed by atoms with Crippen molar-refractivity contribution in [2.75, 3.05) is 26.2 Å². The first kappa shape index (κ1) is 17.1. The van der Waals surface area contributed by atoms with Crippen LogP contribution in [0.4, 0.5) is 4.79 Å². The summed E-state index contributed by atoms with van der Waals surface area (Å²) < 4.78 is 5.85. The zero-order chi connectivity index (χ0) is 16.9. The van der Waals surface area contributed by atoms with Crippen molar-refractivity contribution < 1.29 is 9.53 Å². The minimum Gasteiger partial charge on any atom is -0.491 e. The van der Waals surface area contributed by atoms with Crippen molar-refractivity contribution in [3.8, 4) is 5.75 Å². The standard InChI is InChI=1S/C19H29N3O2/c1-3-15(2)20-19(23)22-10-11-24-18-7-6-16(12-17(18)14-22)13-21-8-4-5-9-21/h6-7,12,15H,3-5,8-11,13-14H2,1-2H3,(H,20,23). The van der Waals surface area contributed by atoms with E-state index < -0.39 is 0 Å². The van der Waals surface area contributed by atoms with Crippen LogP contribution in [0.1, 0.15) is 44.2 Å². The first-order chi connectivity index (χ1) is 11.7. The molecule has 3 rings (SSSR count). The largest absolute Gasteiger partial charge is 0.491 e. The summed E-state index contributed by atoms with van der Waals surface area (Å²) in [4.78, 5) is 16.8. The molecule has 2 heterocycles. The van der Waals surface area contributed by atoms with Crippen molar-refractivity contribution in [3.05, 3.63) is 29.3 Å². The lowest BCUT2D eigenvalue weighted by Gasteiger charge is -2.23. The lowest BCUT2D eigenvalue weighted by atomic mass is 10.1. The van der Waals surface area contributed by atoms with Crippen molar-refractivity contribution >= 4 is 6.03 Å². The molecule has 0 bridgehead atoms. The first-order valence-electron chi connectivity index (χ1n) is 9.18. The number of carbonyl (C=O) groups excluding carboxylic acids is 1. The van der Waals surface area contributed by atoms with Crippen LogP contribution in [0.25, 0.3) is 0 Å². The Labute approximate surface area is 145 Å². The molecule has 1 unspecified atom stereocenters. The number of benzene rings is 1. The molecule has 0 aliphatic carbocycles. The Morgan fingerprint density at radius 1 is 1.29 bits per heavy atom. The average Bonchev–Trinajstić information content (AvgIpc) is 2.98. The van der Waals surface area contributed by atoms with Crippen LogP contribution in [0.3, 0.4) is 0 Å². The number of carbonyl (C=O) groups is 1. The quantitative estimate of drug-likeness (QED) is 0.922. The summed E-state index contributed by atoms with van der Waals surface area (Å²) in [5, 5.41) is 3.05. The summed E-state index contributed by atoms with van der Waals surface area (Å²) >= 11 is 0. The van der Waals surface area contributed by atoms with Crippen LogP contribution in [-0.2, 0) is 13.1 Å². The van der Waals surface area contributed by atoms with E-state index >= 15 is 0 Å². The van der Waals surface area contributed by atoms with Gasteiger partial charge in [0.25, 0.3) is 0 Å². The zero-order valence-electron chi connectivity index (χ0n) is 14.9. The summed E-state index contributed by atoms with van der Waals surface area (Å²) in [6.45, 7) is 9.28. The van der Waals surface area contributed by atoms with Gasteiger partial charge < -0.3 is 15.0 Å². The smallest absolute Gasteiger partial charge is 0.318 e. The maximum absolute atomic E-state index is 12.4. The van der Waals surface area contributed by atoms with Crippen LogP contribution in [-0.4, -0.2) is 48.1 Å². The number of likely N-dealkylation sites (tertiary alicyclic amines) is 1. The summed E-state index contributed by atoms with van der Waals surface area (Å²) in [6.07, 6.45) is 3.54. The van der Waals surface area contributed by atoms with E-state index in [9.17, 15) is 4.79 Å². The second-order valence-electron chi connectivity index (χ2n) is 6.95. The molecular formula is C19H29N3O2. The van der Waals surface area contributed by atoms with E-state index in [1.165, 1.54) is 31.5 Å². The van der Waals surface area contributed by atoms with E-state index in [1.54, 1.807) is 0 Å². The molecule has 2 amide bonds. The lowest BCUT2D eigenvalue weighted by Crippen LogP contribution is -2.44. The highest BCUT2D eigenvalue weighted by molar-refractivity contribution is 5.74. The molecule has 5 nitrogen and oxygen atoms in total. The van der Waals surface area contributed by atoms with Gasteiger partial charge in [-0.15, -0.1) is 0 Å². The number of nitrogens with one attached hydrogen (secondary N) is 1. The molecule has 132 valence electrons. The van der Waals surface area contributed by atoms with Crippen LogP contribution in [0, 0.1) is 0 Å². The van der Waals surface area contributed by atoms with Gasteiger partial charge in [0.2, 0.25) is 0 Å². The van der Waals surface area contributed by atoms with E-state index in [1.807, 2.05) is 11.8 Å². The Balaban J connectivity index is 1.69. The maximum atomic E-state index is 12.4. The number of urea groups is 1. The Kier molecular flexibility index (Phi) is 5.61. The molecule has 1 aromatic rings. The van der Waals surface area contributed by atoms with E-state index in [0.717, 1.165) is 24.3 Å². The molecule has 0 spiro atoms. The Hall–Kier alpha value is -1.75. The Morgan fingerprint density at radius 2 is 2.08 bits per heavy atom. The van der Waals surface area contributed by atoms with Gasteiger partial charge >= 0.3 is 6.03 Å². The number of amides is 2. The lowest BCUT2D eigenvalue weighted by molar-refractivity contribution is 0.184. The van der Waals surface area contributed by atoms with Crippen molar-refractivity contribution in [2.45, 2.75) is 52.2 Å². The topological polar surface area (TPSA) is 44.8 Å². The van der Waals surface area contributed by atoms with E-state index in [-0.39, 0.29) is 12.1 Å². The van der Waals surface area contributed by atoms with Gasteiger partial charge in [0.05, 0.1) is 13.1 Å². The molecule has 2 aliphatic heterocycles. The third kappa shape index (κ3) is 4.20. The van der Waals surface area contributed by atoms with Crippen molar-refractivity contribution in [1.82, 2.24) is 15.1 Å². The van der Waals surface area contributed by atoms with Crippen LogP contribution < -0.4 is 10.1 Å². The summed E-state index contributed by atoms with van der Waals surface area (Å²) in [5.74, 6) is 0.916. The van der Waals surface area contributed by atoms with Gasteiger partial charge in [-0.2, -0.15) is 0 Å². The molecule has 2 aliphatic rings. The monoisotopic (exact) mass is 331 g/mol. The van der Waals surface area contributed by atoms with Gasteiger partial charge in [-0.3, -0.25) is 4.90 Å². The minimum atomic E-state index is 0.00532. The molecule has 1 aromatic carbocycles. The molecule has 5 heteroatoms. The molecule has 0 aromatic heterocycles. The fraction of sp³-hybridized carbons (Fsp3) is 0.632. The molecule has 1 saturated heterocycles. The fourth-order valence-corrected chi connectivity index (χ4v) is 3.32. The van der Waals surface area contributed by atoms with Gasteiger partial charge in [-0.05, 0) is 57.0 Å². The van der Waals surface area contributed by atoms with Gasteiger partial charge in [0.1, 0.15) is 12.4 Å². The van der Waals surface area contributed by atoms with Crippen molar-refractivity contribution in [1.29, 1.82) is 0 Å². The zero-order valence-corrected chi connectivity index (χ0v) is 14.9. The van der Waals surface area contributed by atoms with Gasteiger partial charge in [-0.25, -0.2) is 4.79 Å². The predicted molar refractivity (Wildman–Crippen MR) is 95.1 cm³/mol. The minimum absolute atomic E-state index is 0.00532. The molecule has 0 saturated carbocycles. The van der Waals surface area contributed by atoms with Crippen molar-refractivity contribution in [2.24, 2.45) is 0 Å². The molecule has 0 radical (unpaired) electrons. The van der Waals surface area contributed by atoms with Crippen LogP contribution >= 0.6 is 0 Å². The van der Waals surface area contributed by atoms with Gasteiger partial charge in [0, 0.05) is 18.2 Å². The van der Waals surface area contributed by atoms with Crippen LogP contribution in [0.2, 0.25) is 0 Å². The highest BCUT2D eigenvalue weighted by atomic mass is 16.5. The summed E-state index contributed by atoms with van der Waals surface area (Å²) in [6, 6.07) is 6.64. The highest BCUT2D eigenvalue weighted by Gasteiger charge is 2.21. The SMILES string of the molecule is CCC(C)NC(=O)N1CCOc2ccc(CN3CCCC3)cc2C1.